The number of aromatic nitrogens is 4. The molecule has 10 nitrogen and oxygen atoms in total. The van der Waals surface area contributed by atoms with E-state index in [0.29, 0.717) is 36.0 Å². The number of carbonyl (C=O) groups is 1. The first-order valence-corrected chi connectivity index (χ1v) is 13.4. The molecular weight excluding hydrogens is 510 g/mol. The largest absolute Gasteiger partial charge is 0.478 e. The fraction of sp³-hybridized carbons (Fsp3) is 0.267. The third-order valence-corrected chi connectivity index (χ3v) is 7.26. The molecule has 5 aromatic rings. The normalized spacial score (nSPS) is 13.6. The summed E-state index contributed by atoms with van der Waals surface area (Å²) in [7, 11) is 0. The second-order valence-electron chi connectivity index (χ2n) is 9.81. The fourth-order valence-corrected chi connectivity index (χ4v) is 5.37. The lowest BCUT2D eigenvalue weighted by Crippen LogP contribution is -2.29. The van der Waals surface area contributed by atoms with Gasteiger partial charge in [0.2, 0.25) is 0 Å². The number of anilines is 1. The molecule has 1 saturated heterocycles. The van der Waals surface area contributed by atoms with Gasteiger partial charge in [0, 0.05) is 24.3 Å². The quantitative estimate of drug-likeness (QED) is 0.276. The highest BCUT2D eigenvalue weighted by Gasteiger charge is 2.20. The van der Waals surface area contributed by atoms with E-state index in [2.05, 4.69) is 32.2 Å². The van der Waals surface area contributed by atoms with Crippen LogP contribution in [0.5, 0.6) is 6.01 Å². The van der Waals surface area contributed by atoms with Crippen molar-refractivity contribution >= 4 is 22.7 Å². The van der Waals surface area contributed by atoms with Gasteiger partial charge in [-0.3, -0.25) is 14.1 Å². The maximum absolute atomic E-state index is 12.0. The minimum Gasteiger partial charge on any atom is -0.478 e. The molecule has 2 aromatic heterocycles. The van der Waals surface area contributed by atoms with E-state index in [0.717, 1.165) is 41.0 Å². The number of aromatic carboxylic acids is 1. The van der Waals surface area contributed by atoms with E-state index >= 15 is 0 Å². The van der Waals surface area contributed by atoms with Gasteiger partial charge >= 0.3 is 11.7 Å². The Morgan fingerprint density at radius 2 is 1.85 bits per heavy atom. The van der Waals surface area contributed by atoms with Crippen molar-refractivity contribution < 1.29 is 19.2 Å². The van der Waals surface area contributed by atoms with E-state index in [1.165, 1.54) is 19.3 Å². The lowest BCUT2D eigenvalue weighted by atomic mass is 9.96. The van der Waals surface area contributed by atoms with Crippen LogP contribution in [0, 0.1) is 0 Å². The number of rotatable bonds is 8. The number of piperidine rings is 1. The molecule has 0 radical (unpaired) electrons. The van der Waals surface area contributed by atoms with Crippen LogP contribution in [0.2, 0.25) is 0 Å². The van der Waals surface area contributed by atoms with Crippen molar-refractivity contribution in [3.8, 4) is 28.5 Å². The molecule has 204 valence electrons. The number of aromatic amines is 1. The van der Waals surface area contributed by atoms with Crippen LogP contribution in [-0.2, 0) is 6.54 Å². The molecule has 1 aliphatic heterocycles. The number of carboxylic acid groups (broad SMARTS) is 1. The highest BCUT2D eigenvalue weighted by atomic mass is 16.5. The molecule has 3 aromatic carbocycles. The number of carboxylic acids is 1. The number of para-hydroxylation sites is 1. The Bertz CT molecular complexity index is 1730. The van der Waals surface area contributed by atoms with E-state index in [1.54, 1.807) is 22.8 Å². The Balaban J connectivity index is 1.38. The zero-order chi connectivity index (χ0) is 27.6. The Morgan fingerprint density at radius 1 is 1.05 bits per heavy atom. The average molecular weight is 540 g/mol. The van der Waals surface area contributed by atoms with Crippen LogP contribution in [0.15, 0.2) is 70.0 Å². The van der Waals surface area contributed by atoms with E-state index in [-0.39, 0.29) is 5.56 Å². The Kier molecular flexibility index (Phi) is 6.81. The second kappa shape index (κ2) is 10.7. The molecule has 6 rings (SSSR count). The van der Waals surface area contributed by atoms with Crippen LogP contribution in [0.25, 0.3) is 33.5 Å². The SMILES string of the molecule is CCOc1nc2cccc(C(=O)O)c2n1Cc1ccc(-c2cc(N3CCCCC3)ccc2-c2noc(=O)[nH]2)cc1. The number of imidazole rings is 1. The molecule has 1 aliphatic rings. The lowest BCUT2D eigenvalue weighted by molar-refractivity contribution is 0.0698. The standard InChI is InChI=1S/C30H29N5O5/c1-2-39-29-31-25-8-6-7-23(28(36)37)26(25)35(29)18-19-9-11-20(12-10-19)24-17-21(34-15-4-3-5-16-34)13-14-22(24)27-32-30(38)40-33-27/h6-14,17H,2-5,15-16,18H2,1H3,(H,36,37)(H,32,33,38). The molecule has 0 bridgehead atoms. The van der Waals surface area contributed by atoms with Crippen molar-refractivity contribution in [2.45, 2.75) is 32.7 Å². The zero-order valence-corrected chi connectivity index (χ0v) is 22.1. The van der Waals surface area contributed by atoms with Crippen LogP contribution in [-0.4, -0.2) is 50.5 Å². The Morgan fingerprint density at radius 3 is 2.55 bits per heavy atom. The van der Waals surface area contributed by atoms with Crippen molar-refractivity contribution in [3.05, 3.63) is 82.3 Å². The summed E-state index contributed by atoms with van der Waals surface area (Å²) >= 11 is 0. The minimum atomic E-state index is -1.02. The molecular formula is C30H29N5O5. The number of H-pyrrole nitrogens is 1. The van der Waals surface area contributed by atoms with Gasteiger partial charge in [0.25, 0.3) is 6.01 Å². The number of fused-ring (bicyclic) bond motifs is 1. The van der Waals surface area contributed by atoms with Gasteiger partial charge in [0.1, 0.15) is 0 Å². The number of benzene rings is 3. The van der Waals surface area contributed by atoms with Crippen LogP contribution in [0.1, 0.15) is 42.1 Å². The molecule has 3 heterocycles. The molecule has 10 heteroatoms. The first-order valence-electron chi connectivity index (χ1n) is 13.4. The summed E-state index contributed by atoms with van der Waals surface area (Å²) in [6.45, 7) is 4.68. The molecule has 0 aliphatic carbocycles. The predicted molar refractivity (Wildman–Crippen MR) is 151 cm³/mol. The summed E-state index contributed by atoms with van der Waals surface area (Å²) in [5, 5.41) is 13.7. The highest BCUT2D eigenvalue weighted by molar-refractivity contribution is 6.01. The molecule has 0 unspecified atom stereocenters. The van der Waals surface area contributed by atoms with E-state index in [9.17, 15) is 14.7 Å². The highest BCUT2D eigenvalue weighted by Crippen LogP contribution is 2.35. The molecule has 0 saturated carbocycles. The number of hydrogen-bond donors (Lipinski definition) is 2. The van der Waals surface area contributed by atoms with Gasteiger partial charge in [0.05, 0.1) is 29.7 Å². The molecule has 0 atom stereocenters. The Hall–Kier alpha value is -4.86. The summed E-state index contributed by atoms with van der Waals surface area (Å²) in [6, 6.07) is 19.6. The van der Waals surface area contributed by atoms with Crippen molar-refractivity contribution in [2.75, 3.05) is 24.6 Å². The number of hydrogen-bond acceptors (Lipinski definition) is 7. The maximum Gasteiger partial charge on any atom is 0.439 e. The topological polar surface area (TPSA) is 126 Å². The van der Waals surface area contributed by atoms with Crippen LogP contribution < -0.4 is 15.4 Å². The van der Waals surface area contributed by atoms with Crippen LogP contribution >= 0.6 is 0 Å². The van der Waals surface area contributed by atoms with E-state index in [1.807, 2.05) is 37.3 Å². The molecule has 40 heavy (non-hydrogen) atoms. The number of nitrogens with one attached hydrogen (secondary N) is 1. The summed E-state index contributed by atoms with van der Waals surface area (Å²) in [4.78, 5) is 33.3. The molecule has 0 amide bonds. The number of ether oxygens (including phenoxy) is 1. The molecule has 1 fully saturated rings. The maximum atomic E-state index is 12.0. The fourth-order valence-electron chi connectivity index (χ4n) is 5.37. The van der Waals surface area contributed by atoms with Gasteiger partial charge in [-0.2, -0.15) is 4.98 Å². The summed E-state index contributed by atoms with van der Waals surface area (Å²) in [6.07, 6.45) is 3.57. The van der Waals surface area contributed by atoms with Gasteiger partial charge in [-0.25, -0.2) is 9.59 Å². The molecule has 2 N–H and O–H groups in total. The molecule has 0 spiro atoms. The summed E-state index contributed by atoms with van der Waals surface area (Å²) in [5.74, 6) is -1.24. The van der Waals surface area contributed by atoms with Crippen LogP contribution in [0.4, 0.5) is 5.69 Å². The third-order valence-electron chi connectivity index (χ3n) is 7.26. The smallest absolute Gasteiger partial charge is 0.439 e. The first-order chi connectivity index (χ1) is 19.5. The van der Waals surface area contributed by atoms with Crippen molar-refractivity contribution in [1.29, 1.82) is 0 Å². The van der Waals surface area contributed by atoms with E-state index in [4.69, 9.17) is 9.26 Å². The van der Waals surface area contributed by atoms with Crippen LogP contribution in [0.3, 0.4) is 0 Å². The third kappa shape index (κ3) is 4.84. The Labute approximate surface area is 229 Å². The first kappa shape index (κ1) is 25.4. The predicted octanol–water partition coefficient (Wildman–Crippen LogP) is 5.18. The number of nitrogens with zero attached hydrogens (tertiary/aromatic N) is 4. The van der Waals surface area contributed by atoms with Crippen molar-refractivity contribution in [3.63, 3.8) is 0 Å². The van der Waals surface area contributed by atoms with Gasteiger partial charge in [0.15, 0.2) is 5.82 Å². The van der Waals surface area contributed by atoms with Gasteiger partial charge in [-0.15, -0.1) is 0 Å². The average Bonchev–Trinajstić information content (AvgIpc) is 3.57. The summed E-state index contributed by atoms with van der Waals surface area (Å²) in [5.41, 5.74) is 5.99. The zero-order valence-electron chi connectivity index (χ0n) is 22.1. The van der Waals surface area contributed by atoms with Crippen molar-refractivity contribution in [1.82, 2.24) is 19.7 Å². The summed E-state index contributed by atoms with van der Waals surface area (Å²) < 4.78 is 12.4. The van der Waals surface area contributed by atoms with Gasteiger partial charge < -0.3 is 14.7 Å². The second-order valence-corrected chi connectivity index (χ2v) is 9.81. The minimum absolute atomic E-state index is 0.174. The van der Waals surface area contributed by atoms with Gasteiger partial charge in [-0.05, 0) is 73.2 Å². The van der Waals surface area contributed by atoms with E-state index < -0.39 is 11.7 Å². The van der Waals surface area contributed by atoms with Gasteiger partial charge in [-0.1, -0.05) is 35.5 Å². The lowest BCUT2D eigenvalue weighted by Gasteiger charge is -2.29. The van der Waals surface area contributed by atoms with Crippen molar-refractivity contribution in [2.24, 2.45) is 0 Å². The monoisotopic (exact) mass is 539 g/mol.